The average Bonchev–Trinajstić information content (AvgIpc) is 2.77. The first-order valence-electron chi connectivity index (χ1n) is 7.26. The van der Waals surface area contributed by atoms with Crippen LogP contribution in [0.15, 0.2) is 0 Å². The molecule has 0 aromatic rings. The zero-order valence-electron chi connectivity index (χ0n) is 11.5. The van der Waals surface area contributed by atoms with Crippen molar-refractivity contribution in [2.24, 2.45) is 0 Å². The normalized spacial score (nSPS) is 30.9. The Morgan fingerprint density at radius 3 is 2.37 bits per heavy atom. The lowest BCUT2D eigenvalue weighted by Gasteiger charge is -2.40. The molecule has 1 aliphatic heterocycles. The summed E-state index contributed by atoms with van der Waals surface area (Å²) in [5.74, 6) is 0. The Bertz CT molecular complexity index is 275. The first kappa shape index (κ1) is 15.1. The fourth-order valence-electron chi connectivity index (χ4n) is 3.38. The second-order valence-corrected chi connectivity index (χ2v) is 5.59. The van der Waals surface area contributed by atoms with E-state index in [9.17, 15) is 13.2 Å². The van der Waals surface area contributed by atoms with Crippen LogP contribution < -0.4 is 5.32 Å². The molecule has 1 saturated heterocycles. The van der Waals surface area contributed by atoms with Gasteiger partial charge >= 0.3 is 6.18 Å². The number of hydrogen-bond acceptors (Lipinski definition) is 3. The smallest absolute Gasteiger partial charge is 0.313 e. The molecule has 3 nitrogen and oxygen atoms in total. The Hall–Kier alpha value is -0.330. The number of nitrogens with one attached hydrogen (secondary N) is 1. The molecule has 1 heterocycles. The van der Waals surface area contributed by atoms with E-state index in [1.54, 1.807) is 0 Å². The number of likely N-dealkylation sites (N-methyl/N-ethyl adjacent to an activating group) is 1. The number of hydrogen-bond donors (Lipinski definition) is 1. The van der Waals surface area contributed by atoms with Gasteiger partial charge in [0.15, 0.2) is 0 Å². The fourth-order valence-corrected chi connectivity index (χ4v) is 3.38. The van der Waals surface area contributed by atoms with Gasteiger partial charge in [-0.15, -0.1) is 0 Å². The van der Waals surface area contributed by atoms with Crippen molar-refractivity contribution in [2.45, 2.75) is 44.4 Å². The molecule has 112 valence electrons. The number of rotatable bonds is 4. The van der Waals surface area contributed by atoms with E-state index in [0.29, 0.717) is 25.2 Å². The molecule has 0 bridgehead atoms. The minimum atomic E-state index is -4.07. The van der Waals surface area contributed by atoms with Gasteiger partial charge in [0.25, 0.3) is 0 Å². The van der Waals surface area contributed by atoms with E-state index in [4.69, 9.17) is 0 Å². The minimum absolute atomic E-state index is 0.521. The van der Waals surface area contributed by atoms with Gasteiger partial charge in [0.05, 0.1) is 6.54 Å². The van der Waals surface area contributed by atoms with E-state index >= 15 is 0 Å². The maximum absolute atomic E-state index is 12.3. The van der Waals surface area contributed by atoms with Crippen LogP contribution in [-0.4, -0.2) is 67.3 Å². The van der Waals surface area contributed by atoms with Crippen molar-refractivity contribution >= 4 is 0 Å². The Labute approximate surface area is 113 Å². The van der Waals surface area contributed by atoms with Crippen LogP contribution in [0.1, 0.15) is 26.2 Å². The summed E-state index contributed by atoms with van der Waals surface area (Å²) in [5, 5.41) is 3.51. The third kappa shape index (κ3) is 4.33. The van der Waals surface area contributed by atoms with Gasteiger partial charge in [0.1, 0.15) is 0 Å². The van der Waals surface area contributed by atoms with Crippen LogP contribution in [-0.2, 0) is 0 Å². The van der Waals surface area contributed by atoms with Gasteiger partial charge in [0.2, 0.25) is 0 Å². The Kier molecular flexibility index (Phi) is 5.09. The van der Waals surface area contributed by atoms with Crippen LogP contribution in [0, 0.1) is 0 Å². The summed E-state index contributed by atoms with van der Waals surface area (Å²) >= 11 is 0. The standard InChI is InChI=1S/C13H24F3N3/c1-2-17-11-4-3-5-12(11)19-8-6-18(7-9-19)10-13(14,15)16/h11-12,17H,2-10H2,1H3. The van der Waals surface area contributed by atoms with E-state index in [1.807, 2.05) is 0 Å². The topological polar surface area (TPSA) is 18.5 Å². The average molecular weight is 279 g/mol. The van der Waals surface area contributed by atoms with Gasteiger partial charge in [-0.05, 0) is 19.4 Å². The quantitative estimate of drug-likeness (QED) is 0.845. The first-order chi connectivity index (χ1) is 8.99. The van der Waals surface area contributed by atoms with E-state index in [0.717, 1.165) is 19.6 Å². The molecule has 6 heteroatoms. The summed E-state index contributed by atoms with van der Waals surface area (Å²) in [7, 11) is 0. The summed E-state index contributed by atoms with van der Waals surface area (Å²) in [5.41, 5.74) is 0. The maximum atomic E-state index is 12.3. The van der Waals surface area contributed by atoms with Crippen molar-refractivity contribution in [3.63, 3.8) is 0 Å². The third-order valence-electron chi connectivity index (χ3n) is 4.22. The van der Waals surface area contributed by atoms with E-state index in [1.165, 1.54) is 24.2 Å². The van der Waals surface area contributed by atoms with Gasteiger partial charge in [-0.2, -0.15) is 13.2 Å². The van der Waals surface area contributed by atoms with Gasteiger partial charge in [-0.1, -0.05) is 13.3 Å². The van der Waals surface area contributed by atoms with Crippen LogP contribution in [0.2, 0.25) is 0 Å². The highest BCUT2D eigenvalue weighted by Gasteiger charge is 2.36. The highest BCUT2D eigenvalue weighted by atomic mass is 19.4. The Balaban J connectivity index is 1.79. The highest BCUT2D eigenvalue weighted by molar-refractivity contribution is 4.92. The van der Waals surface area contributed by atoms with Gasteiger partial charge in [0, 0.05) is 38.3 Å². The van der Waals surface area contributed by atoms with E-state index in [-0.39, 0.29) is 0 Å². The van der Waals surface area contributed by atoms with Crippen molar-refractivity contribution in [1.82, 2.24) is 15.1 Å². The van der Waals surface area contributed by atoms with Crippen molar-refractivity contribution in [2.75, 3.05) is 39.3 Å². The number of nitrogens with zero attached hydrogens (tertiary/aromatic N) is 2. The van der Waals surface area contributed by atoms with Crippen LogP contribution in [0.25, 0.3) is 0 Å². The molecule has 1 N–H and O–H groups in total. The number of piperazine rings is 1. The molecule has 0 spiro atoms. The lowest BCUT2D eigenvalue weighted by Crippen LogP contribution is -2.55. The van der Waals surface area contributed by atoms with Crippen LogP contribution in [0.4, 0.5) is 13.2 Å². The highest BCUT2D eigenvalue weighted by Crippen LogP contribution is 2.26. The van der Waals surface area contributed by atoms with E-state index < -0.39 is 12.7 Å². The molecule has 2 atom stereocenters. The molecular weight excluding hydrogens is 255 g/mol. The molecule has 0 aromatic heterocycles. The lowest BCUT2D eigenvalue weighted by molar-refractivity contribution is -0.149. The van der Waals surface area contributed by atoms with Crippen LogP contribution in [0.3, 0.4) is 0 Å². The number of alkyl halides is 3. The number of halogens is 3. The van der Waals surface area contributed by atoms with E-state index in [2.05, 4.69) is 17.1 Å². The monoisotopic (exact) mass is 279 g/mol. The fraction of sp³-hybridized carbons (Fsp3) is 1.00. The largest absolute Gasteiger partial charge is 0.401 e. The molecule has 2 unspecified atom stereocenters. The summed E-state index contributed by atoms with van der Waals surface area (Å²) in [4.78, 5) is 3.90. The van der Waals surface area contributed by atoms with Crippen molar-refractivity contribution < 1.29 is 13.2 Å². The summed E-state index contributed by atoms with van der Waals surface area (Å²) in [6, 6.07) is 1.05. The molecule has 0 amide bonds. The van der Waals surface area contributed by atoms with Crippen molar-refractivity contribution in [3.05, 3.63) is 0 Å². The molecule has 2 fully saturated rings. The molecule has 19 heavy (non-hydrogen) atoms. The predicted octanol–water partition coefficient (Wildman–Crippen LogP) is 1.70. The lowest BCUT2D eigenvalue weighted by atomic mass is 10.1. The summed E-state index contributed by atoms with van der Waals surface area (Å²) in [6.07, 6.45) is -0.467. The molecule has 1 aliphatic carbocycles. The zero-order chi connectivity index (χ0) is 13.9. The van der Waals surface area contributed by atoms with Crippen molar-refractivity contribution in [3.8, 4) is 0 Å². The zero-order valence-corrected chi connectivity index (χ0v) is 11.5. The Morgan fingerprint density at radius 2 is 1.79 bits per heavy atom. The second kappa shape index (κ2) is 6.41. The van der Waals surface area contributed by atoms with Gasteiger partial charge < -0.3 is 5.32 Å². The summed E-state index contributed by atoms with van der Waals surface area (Å²) in [6.45, 7) is 4.92. The molecule has 0 radical (unpaired) electrons. The van der Waals surface area contributed by atoms with Crippen molar-refractivity contribution in [1.29, 1.82) is 0 Å². The molecule has 2 aliphatic rings. The SMILES string of the molecule is CCNC1CCCC1N1CCN(CC(F)(F)F)CC1. The molecule has 2 rings (SSSR count). The molecular formula is C13H24F3N3. The molecule has 0 aromatic carbocycles. The first-order valence-corrected chi connectivity index (χ1v) is 7.26. The van der Waals surface area contributed by atoms with Crippen LogP contribution in [0.5, 0.6) is 0 Å². The second-order valence-electron chi connectivity index (χ2n) is 5.59. The van der Waals surface area contributed by atoms with Gasteiger partial charge in [-0.3, -0.25) is 9.80 Å². The molecule has 1 saturated carbocycles. The Morgan fingerprint density at radius 1 is 1.11 bits per heavy atom. The third-order valence-corrected chi connectivity index (χ3v) is 4.22. The predicted molar refractivity (Wildman–Crippen MR) is 69.2 cm³/mol. The van der Waals surface area contributed by atoms with Crippen LogP contribution >= 0.6 is 0 Å². The van der Waals surface area contributed by atoms with Gasteiger partial charge in [-0.25, -0.2) is 0 Å². The maximum Gasteiger partial charge on any atom is 0.401 e. The minimum Gasteiger partial charge on any atom is -0.313 e. The summed E-state index contributed by atoms with van der Waals surface area (Å²) < 4.78 is 37.0.